The minimum Gasteiger partial charge on any atom is -0.508 e. The zero-order valence-corrected chi connectivity index (χ0v) is 21.1. The number of thiol groups is 1. The van der Waals surface area contributed by atoms with E-state index in [1.807, 2.05) is 0 Å². The van der Waals surface area contributed by atoms with Gasteiger partial charge in [-0.1, -0.05) is 12.1 Å². The van der Waals surface area contributed by atoms with Gasteiger partial charge in [0.25, 0.3) is 0 Å². The number of nitrogens with zero attached hydrogens (tertiary/aromatic N) is 1. The molecule has 15 heteroatoms. The van der Waals surface area contributed by atoms with Crippen LogP contribution in [0.4, 0.5) is 0 Å². The predicted octanol–water partition coefficient (Wildman–Crippen LogP) is -1.44. The summed E-state index contributed by atoms with van der Waals surface area (Å²) in [5.74, 6) is -5.28. The quantitative estimate of drug-likeness (QED) is 0.117. The van der Waals surface area contributed by atoms with Gasteiger partial charge < -0.3 is 42.0 Å². The Morgan fingerprint density at radius 3 is 2.08 bits per heavy atom. The van der Waals surface area contributed by atoms with Crippen LogP contribution < -0.4 is 21.7 Å². The van der Waals surface area contributed by atoms with Gasteiger partial charge >= 0.3 is 11.9 Å². The molecule has 0 saturated heterocycles. The number of phenolic OH excluding ortho intramolecular Hbond substituents is 1. The fourth-order valence-electron chi connectivity index (χ4n) is 3.35. The molecule has 0 aliphatic rings. The highest BCUT2D eigenvalue weighted by atomic mass is 32.1. The van der Waals surface area contributed by atoms with Crippen LogP contribution in [0.2, 0.25) is 0 Å². The van der Waals surface area contributed by atoms with Crippen molar-refractivity contribution in [2.45, 2.75) is 49.9 Å². The monoisotopic (exact) mass is 550 g/mol. The first-order chi connectivity index (χ1) is 18.0. The summed E-state index contributed by atoms with van der Waals surface area (Å²) in [4.78, 5) is 67.8. The Hall–Kier alpha value is -4.11. The number of rotatable bonds is 15. The summed E-state index contributed by atoms with van der Waals surface area (Å²) < 4.78 is 0. The van der Waals surface area contributed by atoms with Gasteiger partial charge in [0.2, 0.25) is 17.7 Å². The summed E-state index contributed by atoms with van der Waals surface area (Å²) in [6.07, 6.45) is 2.12. The van der Waals surface area contributed by atoms with Crippen molar-refractivity contribution in [3.63, 3.8) is 0 Å². The average molecular weight is 551 g/mol. The maximum absolute atomic E-state index is 13.2. The van der Waals surface area contributed by atoms with Crippen LogP contribution in [0.15, 0.2) is 36.8 Å². The summed E-state index contributed by atoms with van der Waals surface area (Å²) in [5.41, 5.74) is 7.13. The van der Waals surface area contributed by atoms with Gasteiger partial charge in [0.05, 0.1) is 12.4 Å². The number of H-pyrrole nitrogens is 1. The second-order valence-corrected chi connectivity index (χ2v) is 8.76. The molecule has 9 N–H and O–H groups in total. The molecule has 0 aliphatic heterocycles. The van der Waals surface area contributed by atoms with Gasteiger partial charge in [-0.3, -0.25) is 19.2 Å². The molecule has 0 spiro atoms. The van der Waals surface area contributed by atoms with Crippen molar-refractivity contribution in [3.05, 3.63) is 48.0 Å². The second-order valence-electron chi connectivity index (χ2n) is 8.39. The number of nitrogens with two attached hydrogens (primary N) is 1. The van der Waals surface area contributed by atoms with E-state index in [-0.39, 0.29) is 30.8 Å². The van der Waals surface area contributed by atoms with Crippen LogP contribution in [0.25, 0.3) is 0 Å². The lowest BCUT2D eigenvalue weighted by Crippen LogP contribution is -2.58. The van der Waals surface area contributed by atoms with Crippen molar-refractivity contribution >= 4 is 42.3 Å². The molecule has 4 unspecified atom stereocenters. The number of hydrogen-bond donors (Lipinski definition) is 9. The summed E-state index contributed by atoms with van der Waals surface area (Å²) in [6, 6.07) is 0.756. The molecule has 2 aromatic rings. The van der Waals surface area contributed by atoms with Gasteiger partial charge in [0.15, 0.2) is 0 Å². The lowest BCUT2D eigenvalue weighted by atomic mass is 10.0. The number of nitrogens with one attached hydrogen (secondary N) is 4. The zero-order chi connectivity index (χ0) is 28.2. The van der Waals surface area contributed by atoms with Crippen molar-refractivity contribution in [2.24, 2.45) is 5.73 Å². The summed E-state index contributed by atoms with van der Waals surface area (Å²) in [7, 11) is 0. The Morgan fingerprint density at radius 1 is 0.921 bits per heavy atom. The number of carboxylic acid groups (broad SMARTS) is 2. The normalized spacial score (nSPS) is 13.9. The molecule has 3 amide bonds. The molecule has 0 bridgehead atoms. The zero-order valence-electron chi connectivity index (χ0n) is 20.2. The predicted molar refractivity (Wildman–Crippen MR) is 136 cm³/mol. The first-order valence-corrected chi connectivity index (χ1v) is 12.1. The largest absolute Gasteiger partial charge is 0.508 e. The number of benzene rings is 1. The molecule has 4 atom stereocenters. The van der Waals surface area contributed by atoms with Crippen LogP contribution in [0.1, 0.15) is 24.1 Å². The van der Waals surface area contributed by atoms with E-state index >= 15 is 0 Å². The van der Waals surface area contributed by atoms with Gasteiger partial charge in [-0.15, -0.1) is 0 Å². The maximum Gasteiger partial charge on any atom is 0.327 e. The molecule has 0 aliphatic carbocycles. The van der Waals surface area contributed by atoms with E-state index in [2.05, 4.69) is 38.5 Å². The third kappa shape index (κ3) is 9.74. The van der Waals surface area contributed by atoms with Crippen LogP contribution in [0.5, 0.6) is 5.75 Å². The number of hydrogen-bond acceptors (Lipinski definition) is 9. The number of phenols is 1. The Morgan fingerprint density at radius 2 is 1.53 bits per heavy atom. The van der Waals surface area contributed by atoms with Gasteiger partial charge in [-0.2, -0.15) is 12.6 Å². The van der Waals surface area contributed by atoms with Gasteiger partial charge in [0.1, 0.15) is 23.9 Å². The Balaban J connectivity index is 2.22. The highest BCUT2D eigenvalue weighted by Crippen LogP contribution is 2.12. The fourth-order valence-corrected chi connectivity index (χ4v) is 3.60. The maximum atomic E-state index is 13.2. The van der Waals surface area contributed by atoms with Crippen LogP contribution in [-0.4, -0.2) is 84.9 Å². The van der Waals surface area contributed by atoms with Crippen molar-refractivity contribution in [1.29, 1.82) is 0 Å². The van der Waals surface area contributed by atoms with Gasteiger partial charge in [-0.25, -0.2) is 9.78 Å². The Bertz CT molecular complexity index is 1110. The third-order valence-corrected chi connectivity index (χ3v) is 5.78. The summed E-state index contributed by atoms with van der Waals surface area (Å²) in [6.45, 7) is 0. The number of carboxylic acids is 2. The number of aromatic hydroxyl groups is 1. The Kier molecular flexibility index (Phi) is 11.6. The van der Waals surface area contributed by atoms with Crippen LogP contribution in [-0.2, 0) is 36.8 Å². The lowest BCUT2D eigenvalue weighted by molar-refractivity contribution is -0.142. The Labute approximate surface area is 222 Å². The first-order valence-electron chi connectivity index (χ1n) is 11.5. The molecule has 1 heterocycles. The minimum absolute atomic E-state index is 0.0112. The molecule has 206 valence electrons. The standard InChI is InChI=1S/C23H30N6O8S/c24-15(8-13-9-25-11-26-13)20(33)28-17(7-12-1-3-14(30)4-2-12)22(35)27-16(5-6-19(31)32)21(34)29-18(10-38)23(36)37/h1-4,9,11,15-18,30,38H,5-8,10,24H2,(H,25,26)(H,27,35)(H,28,33)(H,29,34)(H,31,32)(H,36,37). The lowest BCUT2D eigenvalue weighted by Gasteiger charge is -2.25. The molecular formula is C23H30N6O8S. The minimum atomic E-state index is -1.42. The number of imidazole rings is 1. The van der Waals surface area contributed by atoms with Crippen molar-refractivity contribution in [1.82, 2.24) is 25.9 Å². The van der Waals surface area contributed by atoms with Crippen molar-refractivity contribution < 1.29 is 39.3 Å². The molecular weight excluding hydrogens is 520 g/mol. The molecule has 0 fully saturated rings. The fraction of sp³-hybridized carbons (Fsp3) is 0.391. The van der Waals surface area contributed by atoms with Crippen LogP contribution in [0.3, 0.4) is 0 Å². The van der Waals surface area contributed by atoms with Crippen molar-refractivity contribution in [2.75, 3.05) is 5.75 Å². The van der Waals surface area contributed by atoms with E-state index in [9.17, 15) is 34.2 Å². The highest BCUT2D eigenvalue weighted by molar-refractivity contribution is 7.80. The number of amides is 3. The molecule has 0 radical (unpaired) electrons. The van der Waals surface area contributed by atoms with E-state index < -0.39 is 60.2 Å². The summed E-state index contributed by atoms with van der Waals surface area (Å²) in [5, 5.41) is 35.0. The topological polar surface area (TPSA) is 237 Å². The smallest absolute Gasteiger partial charge is 0.327 e. The van der Waals surface area contributed by atoms with E-state index in [1.54, 1.807) is 0 Å². The van der Waals surface area contributed by atoms with Crippen LogP contribution >= 0.6 is 12.6 Å². The number of carbonyl (C=O) groups excluding carboxylic acids is 3. The van der Waals surface area contributed by atoms with Gasteiger partial charge in [-0.05, 0) is 24.1 Å². The van der Waals surface area contributed by atoms with Gasteiger partial charge in [0, 0.05) is 36.9 Å². The third-order valence-electron chi connectivity index (χ3n) is 5.42. The summed E-state index contributed by atoms with van der Waals surface area (Å²) >= 11 is 3.88. The van der Waals surface area contributed by atoms with E-state index in [1.165, 1.54) is 36.8 Å². The molecule has 38 heavy (non-hydrogen) atoms. The number of aromatic amines is 1. The molecule has 1 aromatic heterocycles. The van der Waals surface area contributed by atoms with E-state index in [4.69, 9.17) is 10.8 Å². The first kappa shape index (κ1) is 30.1. The SMILES string of the molecule is NC(Cc1cnc[nH]1)C(=O)NC(Cc1ccc(O)cc1)C(=O)NC(CCC(=O)O)C(=O)NC(CS)C(=O)O. The average Bonchev–Trinajstić information content (AvgIpc) is 3.38. The molecule has 1 aromatic carbocycles. The highest BCUT2D eigenvalue weighted by Gasteiger charge is 2.30. The van der Waals surface area contributed by atoms with Crippen LogP contribution in [0, 0.1) is 0 Å². The van der Waals surface area contributed by atoms with E-state index in [0.717, 1.165) is 0 Å². The van der Waals surface area contributed by atoms with Crippen molar-refractivity contribution in [3.8, 4) is 5.75 Å². The number of aliphatic carboxylic acids is 2. The number of carbonyl (C=O) groups is 5. The number of aromatic nitrogens is 2. The molecule has 2 rings (SSSR count). The molecule has 0 saturated carbocycles. The molecule has 14 nitrogen and oxygen atoms in total. The van der Waals surface area contributed by atoms with E-state index in [0.29, 0.717) is 11.3 Å². The second kappa shape index (κ2) is 14.6.